The van der Waals surface area contributed by atoms with Gasteiger partial charge < -0.3 is 5.32 Å². The Morgan fingerprint density at radius 2 is 2.05 bits per heavy atom. The second-order valence-corrected chi connectivity index (χ2v) is 6.57. The zero-order valence-corrected chi connectivity index (χ0v) is 14.2. The molecule has 3 nitrogen and oxygen atoms in total. The SMILES string of the molecule is CCCNc1nc(Cc2ccccc2Br)nc2sccc12. The number of nitrogens with zero attached hydrogens (tertiary/aromatic N) is 2. The Labute approximate surface area is 136 Å². The Morgan fingerprint density at radius 1 is 1.19 bits per heavy atom. The van der Waals surface area contributed by atoms with E-state index in [9.17, 15) is 0 Å². The number of hydrogen-bond donors (Lipinski definition) is 1. The van der Waals surface area contributed by atoms with E-state index in [0.717, 1.165) is 45.7 Å². The molecule has 2 heterocycles. The first-order valence-electron chi connectivity index (χ1n) is 6.99. The van der Waals surface area contributed by atoms with E-state index < -0.39 is 0 Å². The molecule has 3 aromatic rings. The van der Waals surface area contributed by atoms with Crippen LogP contribution in [0.5, 0.6) is 0 Å². The van der Waals surface area contributed by atoms with Crippen molar-refractivity contribution in [3.05, 3.63) is 51.6 Å². The maximum absolute atomic E-state index is 4.71. The Bertz CT molecular complexity index is 754. The largest absolute Gasteiger partial charge is 0.369 e. The van der Waals surface area contributed by atoms with Gasteiger partial charge in [0, 0.05) is 17.4 Å². The summed E-state index contributed by atoms with van der Waals surface area (Å²) < 4.78 is 1.10. The highest BCUT2D eigenvalue weighted by Gasteiger charge is 2.10. The van der Waals surface area contributed by atoms with Gasteiger partial charge in [0.05, 0.1) is 5.39 Å². The van der Waals surface area contributed by atoms with Gasteiger partial charge in [-0.25, -0.2) is 9.97 Å². The minimum Gasteiger partial charge on any atom is -0.369 e. The first-order valence-corrected chi connectivity index (χ1v) is 8.66. The fourth-order valence-electron chi connectivity index (χ4n) is 2.17. The van der Waals surface area contributed by atoms with Gasteiger partial charge >= 0.3 is 0 Å². The predicted octanol–water partition coefficient (Wildman–Crippen LogP) is 4.87. The quantitative estimate of drug-likeness (QED) is 0.704. The summed E-state index contributed by atoms with van der Waals surface area (Å²) in [5, 5.41) is 6.59. The summed E-state index contributed by atoms with van der Waals surface area (Å²) >= 11 is 5.25. The van der Waals surface area contributed by atoms with Crippen LogP contribution >= 0.6 is 27.3 Å². The molecule has 2 aromatic heterocycles. The van der Waals surface area contributed by atoms with E-state index in [2.05, 4.69) is 56.7 Å². The number of fused-ring (bicyclic) bond motifs is 1. The number of nitrogens with one attached hydrogen (secondary N) is 1. The Balaban J connectivity index is 1.97. The molecule has 21 heavy (non-hydrogen) atoms. The molecule has 0 bridgehead atoms. The van der Waals surface area contributed by atoms with Crippen LogP contribution in [0.1, 0.15) is 24.7 Å². The van der Waals surface area contributed by atoms with Crippen molar-refractivity contribution in [2.75, 3.05) is 11.9 Å². The molecule has 0 aliphatic heterocycles. The highest BCUT2D eigenvalue weighted by Crippen LogP contribution is 2.26. The van der Waals surface area contributed by atoms with Gasteiger partial charge in [0.1, 0.15) is 16.5 Å². The second kappa shape index (κ2) is 6.54. The second-order valence-electron chi connectivity index (χ2n) is 4.82. The van der Waals surface area contributed by atoms with E-state index >= 15 is 0 Å². The minimum absolute atomic E-state index is 0.732. The van der Waals surface area contributed by atoms with Crippen molar-refractivity contribution in [3.63, 3.8) is 0 Å². The van der Waals surface area contributed by atoms with Crippen LogP contribution in [-0.4, -0.2) is 16.5 Å². The van der Waals surface area contributed by atoms with Gasteiger partial charge in [0.2, 0.25) is 0 Å². The van der Waals surface area contributed by atoms with Gasteiger partial charge in [-0.3, -0.25) is 0 Å². The third-order valence-corrected chi connectivity index (χ3v) is 4.80. The molecule has 0 atom stereocenters. The lowest BCUT2D eigenvalue weighted by Crippen LogP contribution is -2.06. The smallest absolute Gasteiger partial charge is 0.138 e. The monoisotopic (exact) mass is 361 g/mol. The Morgan fingerprint density at radius 3 is 2.86 bits per heavy atom. The van der Waals surface area contributed by atoms with Gasteiger partial charge in [-0.1, -0.05) is 41.1 Å². The minimum atomic E-state index is 0.732. The van der Waals surface area contributed by atoms with Crippen molar-refractivity contribution in [3.8, 4) is 0 Å². The molecule has 1 aromatic carbocycles. The number of halogens is 1. The molecule has 5 heteroatoms. The first kappa shape index (κ1) is 14.5. The first-order chi connectivity index (χ1) is 10.3. The van der Waals surface area contributed by atoms with Crippen LogP contribution in [0.2, 0.25) is 0 Å². The standard InChI is InChI=1S/C16H16BrN3S/c1-2-8-18-15-12-7-9-21-16(12)20-14(19-15)10-11-5-3-4-6-13(11)17/h3-7,9H,2,8,10H2,1H3,(H,18,19,20). The zero-order chi connectivity index (χ0) is 14.7. The lowest BCUT2D eigenvalue weighted by molar-refractivity contribution is 0.946. The molecule has 0 fully saturated rings. The van der Waals surface area contributed by atoms with E-state index in [1.807, 2.05) is 12.1 Å². The molecule has 0 amide bonds. The third-order valence-electron chi connectivity index (χ3n) is 3.22. The molecule has 0 unspecified atom stereocenters. The average molecular weight is 362 g/mol. The fraction of sp³-hybridized carbons (Fsp3) is 0.250. The van der Waals surface area contributed by atoms with Crippen LogP contribution in [-0.2, 0) is 6.42 Å². The number of rotatable bonds is 5. The van der Waals surface area contributed by atoms with Crippen LogP contribution in [0.3, 0.4) is 0 Å². The molecular formula is C16H16BrN3S. The molecule has 0 aliphatic rings. The van der Waals surface area contributed by atoms with Crippen LogP contribution < -0.4 is 5.32 Å². The van der Waals surface area contributed by atoms with Crippen molar-refractivity contribution in [1.29, 1.82) is 0 Å². The summed E-state index contributed by atoms with van der Waals surface area (Å²) in [5.41, 5.74) is 1.20. The molecule has 0 radical (unpaired) electrons. The maximum atomic E-state index is 4.71. The van der Waals surface area contributed by atoms with Crippen molar-refractivity contribution < 1.29 is 0 Å². The molecule has 0 spiro atoms. The summed E-state index contributed by atoms with van der Waals surface area (Å²) in [5.74, 6) is 1.81. The van der Waals surface area contributed by atoms with Crippen molar-refractivity contribution in [1.82, 2.24) is 9.97 Å². The molecule has 0 saturated heterocycles. The van der Waals surface area contributed by atoms with Crippen molar-refractivity contribution in [2.45, 2.75) is 19.8 Å². The lowest BCUT2D eigenvalue weighted by atomic mass is 10.1. The van der Waals surface area contributed by atoms with E-state index in [0.29, 0.717) is 0 Å². The van der Waals surface area contributed by atoms with E-state index in [-0.39, 0.29) is 0 Å². The summed E-state index contributed by atoms with van der Waals surface area (Å²) in [6.45, 7) is 3.08. The highest BCUT2D eigenvalue weighted by atomic mass is 79.9. The van der Waals surface area contributed by atoms with Crippen molar-refractivity contribution >= 4 is 43.3 Å². The summed E-state index contributed by atoms with van der Waals surface area (Å²) in [6.07, 6.45) is 1.81. The summed E-state index contributed by atoms with van der Waals surface area (Å²) in [4.78, 5) is 10.4. The number of thiophene rings is 1. The van der Waals surface area contributed by atoms with E-state index in [1.54, 1.807) is 11.3 Å². The lowest BCUT2D eigenvalue weighted by Gasteiger charge is -2.09. The molecule has 1 N–H and O–H groups in total. The number of aromatic nitrogens is 2. The highest BCUT2D eigenvalue weighted by molar-refractivity contribution is 9.10. The van der Waals surface area contributed by atoms with Gasteiger partial charge in [-0.05, 0) is 29.5 Å². The normalized spacial score (nSPS) is 11.0. The summed E-state index contributed by atoms with van der Waals surface area (Å²) in [6, 6.07) is 10.3. The molecular weight excluding hydrogens is 346 g/mol. The summed E-state index contributed by atoms with van der Waals surface area (Å²) in [7, 11) is 0. The molecule has 108 valence electrons. The number of benzene rings is 1. The topological polar surface area (TPSA) is 37.8 Å². The van der Waals surface area contributed by atoms with Gasteiger partial charge in [0.15, 0.2) is 0 Å². The predicted molar refractivity (Wildman–Crippen MR) is 93.1 cm³/mol. The maximum Gasteiger partial charge on any atom is 0.138 e. The molecule has 0 aliphatic carbocycles. The van der Waals surface area contributed by atoms with Crippen molar-refractivity contribution in [2.24, 2.45) is 0 Å². The van der Waals surface area contributed by atoms with Crippen LogP contribution in [0.15, 0.2) is 40.2 Å². The fourth-order valence-corrected chi connectivity index (χ4v) is 3.38. The molecule has 3 rings (SSSR count). The third kappa shape index (κ3) is 3.24. The Kier molecular flexibility index (Phi) is 4.51. The van der Waals surface area contributed by atoms with Crippen LogP contribution in [0.4, 0.5) is 5.82 Å². The van der Waals surface area contributed by atoms with E-state index in [1.165, 1.54) is 5.56 Å². The van der Waals surface area contributed by atoms with Gasteiger partial charge in [-0.15, -0.1) is 11.3 Å². The number of anilines is 1. The van der Waals surface area contributed by atoms with Gasteiger partial charge in [0.25, 0.3) is 0 Å². The zero-order valence-electron chi connectivity index (χ0n) is 11.8. The van der Waals surface area contributed by atoms with E-state index in [4.69, 9.17) is 4.98 Å². The average Bonchev–Trinajstić information content (AvgIpc) is 2.95. The van der Waals surface area contributed by atoms with Crippen LogP contribution in [0.25, 0.3) is 10.2 Å². The number of hydrogen-bond acceptors (Lipinski definition) is 4. The molecule has 0 saturated carbocycles. The van der Waals surface area contributed by atoms with Gasteiger partial charge in [-0.2, -0.15) is 0 Å². The Hall–Kier alpha value is -1.46. The van der Waals surface area contributed by atoms with Crippen LogP contribution in [0, 0.1) is 0 Å².